The largest absolute Gasteiger partial charge is 0.492 e. The van der Waals surface area contributed by atoms with Crippen molar-refractivity contribution in [2.24, 2.45) is 0 Å². The molecule has 1 N–H and O–H groups in total. The maximum atomic E-state index is 5.74. The van der Waals surface area contributed by atoms with E-state index >= 15 is 0 Å². The van der Waals surface area contributed by atoms with Crippen LogP contribution in [0.4, 0.5) is 0 Å². The highest BCUT2D eigenvalue weighted by Crippen LogP contribution is 2.23. The highest BCUT2D eigenvalue weighted by atomic mass is 16.5. The van der Waals surface area contributed by atoms with Crippen LogP contribution in [0.1, 0.15) is 24.5 Å². The van der Waals surface area contributed by atoms with Gasteiger partial charge < -0.3 is 10.1 Å². The van der Waals surface area contributed by atoms with Crippen LogP contribution in [0.3, 0.4) is 0 Å². The second-order valence-corrected chi connectivity index (χ2v) is 3.75. The van der Waals surface area contributed by atoms with Gasteiger partial charge in [-0.1, -0.05) is 31.2 Å². The first kappa shape index (κ1) is 12.8. The van der Waals surface area contributed by atoms with Gasteiger partial charge in [0.15, 0.2) is 0 Å². The van der Waals surface area contributed by atoms with Crippen LogP contribution in [0.5, 0.6) is 5.75 Å². The van der Waals surface area contributed by atoms with Crippen LogP contribution < -0.4 is 10.1 Å². The number of aryl methyl sites for hydroxylation is 1. The van der Waals surface area contributed by atoms with Crippen LogP contribution >= 0.6 is 0 Å². The Labute approximate surface area is 98.3 Å². The zero-order valence-corrected chi connectivity index (χ0v) is 10.4. The molecule has 0 aliphatic rings. The van der Waals surface area contributed by atoms with Gasteiger partial charge in [-0.25, -0.2) is 0 Å². The summed E-state index contributed by atoms with van der Waals surface area (Å²) in [4.78, 5) is 0. The van der Waals surface area contributed by atoms with Crippen molar-refractivity contribution in [2.75, 3.05) is 20.2 Å². The summed E-state index contributed by atoms with van der Waals surface area (Å²) in [5.74, 6) is 0.972. The summed E-state index contributed by atoms with van der Waals surface area (Å²) < 4.78 is 5.74. The summed E-state index contributed by atoms with van der Waals surface area (Å²) in [5.41, 5.74) is 2.45. The Hall–Kier alpha value is -1.28. The fourth-order valence-corrected chi connectivity index (χ4v) is 1.49. The van der Waals surface area contributed by atoms with Crippen molar-refractivity contribution in [3.05, 3.63) is 35.4 Å². The second kappa shape index (κ2) is 7.07. The molecule has 1 aromatic carbocycles. The lowest BCUT2D eigenvalue weighted by molar-refractivity contribution is 0.317. The molecule has 0 aliphatic carbocycles. The van der Waals surface area contributed by atoms with Gasteiger partial charge in [0.25, 0.3) is 0 Å². The zero-order chi connectivity index (χ0) is 11.8. The minimum atomic E-state index is 0.701. The molecule has 16 heavy (non-hydrogen) atoms. The highest BCUT2D eigenvalue weighted by Gasteiger charge is 2.02. The SMILES string of the molecule is CC/C=C\c1c(C)cccc1OCCNC. The molecule has 0 bridgehead atoms. The molecule has 0 amide bonds. The van der Waals surface area contributed by atoms with E-state index in [-0.39, 0.29) is 0 Å². The summed E-state index contributed by atoms with van der Waals surface area (Å²) in [6.45, 7) is 5.81. The molecule has 2 nitrogen and oxygen atoms in total. The van der Waals surface area contributed by atoms with E-state index in [0.717, 1.165) is 18.7 Å². The number of nitrogens with one attached hydrogen (secondary N) is 1. The first-order chi connectivity index (χ1) is 7.79. The van der Waals surface area contributed by atoms with Gasteiger partial charge in [0, 0.05) is 12.1 Å². The van der Waals surface area contributed by atoms with E-state index in [1.165, 1.54) is 11.1 Å². The third kappa shape index (κ3) is 3.70. The van der Waals surface area contributed by atoms with E-state index in [2.05, 4.69) is 37.4 Å². The Morgan fingerprint density at radius 3 is 2.88 bits per heavy atom. The van der Waals surface area contributed by atoms with Crippen molar-refractivity contribution in [3.8, 4) is 5.75 Å². The molecule has 0 spiro atoms. The van der Waals surface area contributed by atoms with Crippen molar-refractivity contribution in [1.29, 1.82) is 0 Å². The summed E-state index contributed by atoms with van der Waals surface area (Å²) in [6.07, 6.45) is 5.35. The Kier molecular flexibility index (Phi) is 5.65. The normalized spacial score (nSPS) is 10.9. The topological polar surface area (TPSA) is 21.3 Å². The predicted octanol–water partition coefficient (Wildman–Crippen LogP) is 3.02. The molecule has 0 aromatic heterocycles. The number of rotatable bonds is 6. The van der Waals surface area contributed by atoms with E-state index in [0.29, 0.717) is 6.61 Å². The van der Waals surface area contributed by atoms with E-state index in [4.69, 9.17) is 4.74 Å². The zero-order valence-electron chi connectivity index (χ0n) is 10.4. The van der Waals surface area contributed by atoms with Crippen molar-refractivity contribution < 1.29 is 4.74 Å². The smallest absolute Gasteiger partial charge is 0.126 e. The molecule has 0 saturated heterocycles. The van der Waals surface area contributed by atoms with Gasteiger partial charge >= 0.3 is 0 Å². The van der Waals surface area contributed by atoms with Crippen molar-refractivity contribution in [1.82, 2.24) is 5.32 Å². The first-order valence-electron chi connectivity index (χ1n) is 5.83. The minimum absolute atomic E-state index is 0.701. The second-order valence-electron chi connectivity index (χ2n) is 3.75. The molecular weight excluding hydrogens is 198 g/mol. The first-order valence-corrected chi connectivity index (χ1v) is 5.83. The van der Waals surface area contributed by atoms with Crippen molar-refractivity contribution >= 4 is 6.08 Å². The molecule has 0 aliphatic heterocycles. The van der Waals surface area contributed by atoms with Gasteiger partial charge in [-0.3, -0.25) is 0 Å². The van der Waals surface area contributed by atoms with Crippen LogP contribution in [0, 0.1) is 6.92 Å². The monoisotopic (exact) mass is 219 g/mol. The Bertz CT molecular complexity index is 345. The summed E-state index contributed by atoms with van der Waals surface area (Å²) in [7, 11) is 1.93. The third-order valence-electron chi connectivity index (χ3n) is 2.41. The van der Waals surface area contributed by atoms with E-state index in [1.807, 2.05) is 19.2 Å². The van der Waals surface area contributed by atoms with Crippen LogP contribution in [0.25, 0.3) is 6.08 Å². The molecule has 0 atom stereocenters. The molecule has 2 heteroatoms. The lowest BCUT2D eigenvalue weighted by Gasteiger charge is -2.11. The molecule has 0 radical (unpaired) electrons. The average Bonchev–Trinajstić information content (AvgIpc) is 2.28. The van der Waals surface area contributed by atoms with Gasteiger partial charge in [0.1, 0.15) is 12.4 Å². The lowest BCUT2D eigenvalue weighted by atomic mass is 10.1. The number of benzene rings is 1. The van der Waals surface area contributed by atoms with Crippen LogP contribution in [-0.4, -0.2) is 20.2 Å². The van der Waals surface area contributed by atoms with Crippen LogP contribution in [-0.2, 0) is 0 Å². The Morgan fingerprint density at radius 2 is 2.19 bits per heavy atom. The maximum absolute atomic E-state index is 5.74. The Balaban J connectivity index is 2.80. The summed E-state index contributed by atoms with van der Waals surface area (Å²) >= 11 is 0. The molecule has 1 rings (SSSR count). The lowest BCUT2D eigenvalue weighted by Crippen LogP contribution is -2.16. The van der Waals surface area contributed by atoms with Gasteiger partial charge in [0.05, 0.1) is 0 Å². The minimum Gasteiger partial charge on any atom is -0.492 e. The molecule has 88 valence electrons. The third-order valence-corrected chi connectivity index (χ3v) is 2.41. The van der Waals surface area contributed by atoms with E-state index < -0.39 is 0 Å². The van der Waals surface area contributed by atoms with Gasteiger partial charge in [-0.15, -0.1) is 0 Å². The number of likely N-dealkylation sites (N-methyl/N-ethyl adjacent to an activating group) is 1. The number of hydrogen-bond acceptors (Lipinski definition) is 2. The number of hydrogen-bond donors (Lipinski definition) is 1. The summed E-state index contributed by atoms with van der Waals surface area (Å²) in [5, 5.41) is 3.07. The molecule has 1 aromatic rings. The number of allylic oxidation sites excluding steroid dienone is 1. The van der Waals surface area contributed by atoms with Crippen LogP contribution in [0.2, 0.25) is 0 Å². The van der Waals surface area contributed by atoms with Gasteiger partial charge in [-0.05, 0) is 32.0 Å². The van der Waals surface area contributed by atoms with Crippen LogP contribution in [0.15, 0.2) is 24.3 Å². The van der Waals surface area contributed by atoms with Gasteiger partial charge in [0.2, 0.25) is 0 Å². The number of ether oxygens (including phenoxy) is 1. The van der Waals surface area contributed by atoms with E-state index in [1.54, 1.807) is 0 Å². The van der Waals surface area contributed by atoms with E-state index in [9.17, 15) is 0 Å². The van der Waals surface area contributed by atoms with Gasteiger partial charge in [-0.2, -0.15) is 0 Å². The molecule has 0 heterocycles. The quantitative estimate of drug-likeness (QED) is 0.743. The highest BCUT2D eigenvalue weighted by molar-refractivity contribution is 5.60. The van der Waals surface area contributed by atoms with Crippen molar-refractivity contribution in [3.63, 3.8) is 0 Å². The summed E-state index contributed by atoms with van der Waals surface area (Å²) in [6, 6.07) is 6.17. The average molecular weight is 219 g/mol. The predicted molar refractivity (Wildman–Crippen MR) is 69.9 cm³/mol. The fraction of sp³-hybridized carbons (Fsp3) is 0.429. The van der Waals surface area contributed by atoms with Crippen molar-refractivity contribution in [2.45, 2.75) is 20.3 Å². The molecule has 0 fully saturated rings. The Morgan fingerprint density at radius 1 is 1.38 bits per heavy atom. The maximum Gasteiger partial charge on any atom is 0.126 e. The standard InChI is InChI=1S/C14H21NO/c1-4-5-8-13-12(2)7-6-9-14(13)16-11-10-15-3/h5-9,15H,4,10-11H2,1-3H3/b8-5-. The molecular formula is C14H21NO. The fourth-order valence-electron chi connectivity index (χ4n) is 1.49. The molecule has 0 unspecified atom stereocenters. The molecule has 0 saturated carbocycles.